The molecule has 10 heteroatoms. The van der Waals surface area contributed by atoms with Crippen molar-refractivity contribution in [3.8, 4) is 11.1 Å². The van der Waals surface area contributed by atoms with Gasteiger partial charge in [-0.25, -0.2) is 13.8 Å². The second-order valence-electron chi connectivity index (χ2n) is 9.28. The Bertz CT molecular complexity index is 1360. The maximum Gasteiger partial charge on any atom is 0.316 e. The highest BCUT2D eigenvalue weighted by Gasteiger charge is 2.52. The van der Waals surface area contributed by atoms with Crippen LogP contribution in [-0.4, -0.2) is 41.3 Å². The van der Waals surface area contributed by atoms with Gasteiger partial charge in [0.15, 0.2) is 0 Å². The number of halogens is 2. The second kappa shape index (κ2) is 10.0. The van der Waals surface area contributed by atoms with Crippen LogP contribution in [0.25, 0.3) is 16.7 Å². The van der Waals surface area contributed by atoms with E-state index in [-0.39, 0.29) is 34.6 Å². The molecule has 1 saturated carbocycles. The fraction of sp³-hybridized carbons (Fsp3) is 0.296. The molecule has 3 aromatic rings. The zero-order valence-electron chi connectivity index (χ0n) is 21.0. The molecular formula is C27H28F2N6O2. The van der Waals surface area contributed by atoms with Gasteiger partial charge in [0.2, 0.25) is 0 Å². The molecule has 0 radical (unpaired) electrons. The average molecular weight is 507 g/mol. The van der Waals surface area contributed by atoms with Gasteiger partial charge in [-0.1, -0.05) is 24.3 Å². The Morgan fingerprint density at radius 3 is 2.41 bits per heavy atom. The summed E-state index contributed by atoms with van der Waals surface area (Å²) >= 11 is 0. The number of hydrogen-bond donors (Lipinski definition) is 3. The van der Waals surface area contributed by atoms with E-state index in [9.17, 15) is 9.18 Å². The van der Waals surface area contributed by atoms with Gasteiger partial charge in [-0.3, -0.25) is 14.8 Å². The molecule has 1 aliphatic carbocycles. The first-order valence-electron chi connectivity index (χ1n) is 11.7. The molecule has 192 valence electrons. The number of anilines is 1. The van der Waals surface area contributed by atoms with Crippen LogP contribution < -0.4 is 10.6 Å². The Morgan fingerprint density at radius 2 is 1.86 bits per heavy atom. The van der Waals surface area contributed by atoms with E-state index in [0.717, 1.165) is 30.2 Å². The largest absolute Gasteiger partial charge is 0.468 e. The van der Waals surface area contributed by atoms with E-state index < -0.39 is 16.9 Å². The summed E-state index contributed by atoms with van der Waals surface area (Å²) in [7, 11) is 2.98. The number of aromatic nitrogens is 3. The third kappa shape index (κ3) is 5.18. The fourth-order valence-electron chi connectivity index (χ4n) is 4.07. The Hall–Kier alpha value is -4.21. The van der Waals surface area contributed by atoms with Gasteiger partial charge in [0.05, 0.1) is 36.2 Å². The normalized spacial score (nSPS) is 14.9. The molecule has 8 nitrogen and oxygen atoms in total. The molecule has 0 atom stereocenters. The SMILES string of the molecule is CN/C(Nc1cncc(C(C)(C)F)n1)=C(\C=N)c1ncc(-c2ccc(C3(C(=O)OC)CC3)cc2)cc1F. The van der Waals surface area contributed by atoms with Crippen LogP contribution in [0.4, 0.5) is 14.6 Å². The molecule has 37 heavy (non-hydrogen) atoms. The Balaban J connectivity index is 1.62. The summed E-state index contributed by atoms with van der Waals surface area (Å²) in [6, 6.07) is 8.68. The zero-order chi connectivity index (χ0) is 26.8. The number of carbonyl (C=O) groups is 1. The van der Waals surface area contributed by atoms with E-state index in [4.69, 9.17) is 10.1 Å². The zero-order valence-corrected chi connectivity index (χ0v) is 21.0. The third-order valence-corrected chi connectivity index (χ3v) is 6.35. The van der Waals surface area contributed by atoms with Crippen LogP contribution in [0.15, 0.2) is 54.7 Å². The van der Waals surface area contributed by atoms with E-state index in [0.29, 0.717) is 5.56 Å². The van der Waals surface area contributed by atoms with Crippen molar-refractivity contribution in [3.63, 3.8) is 0 Å². The third-order valence-electron chi connectivity index (χ3n) is 6.35. The number of nitrogens with zero attached hydrogens (tertiary/aromatic N) is 3. The topological polar surface area (TPSA) is 113 Å². The van der Waals surface area contributed by atoms with Crippen LogP contribution >= 0.6 is 0 Å². The Morgan fingerprint density at radius 1 is 1.16 bits per heavy atom. The standard InChI is InChI=1S/C27H28F2N6O2/c1-26(2,29)21-14-32-15-22(34-21)35-24(31-3)19(12-30)23-20(28)11-17(13-33-23)16-5-7-18(8-6-16)27(9-10-27)25(36)37-4/h5-8,11-15,30-31H,9-10H2,1-4H3,(H,34,35)/b24-19-,30-12?. The Kier molecular flexibility index (Phi) is 7.02. The minimum Gasteiger partial charge on any atom is -0.468 e. The summed E-state index contributed by atoms with van der Waals surface area (Å²) in [5.74, 6) is -0.403. The molecule has 3 N–H and O–H groups in total. The first-order valence-corrected chi connectivity index (χ1v) is 11.7. The number of rotatable bonds is 9. The first kappa shape index (κ1) is 25.9. The molecule has 0 unspecified atom stereocenters. The smallest absolute Gasteiger partial charge is 0.316 e. The number of hydrogen-bond acceptors (Lipinski definition) is 8. The van der Waals surface area contributed by atoms with Gasteiger partial charge in [0, 0.05) is 25.0 Å². The second-order valence-corrected chi connectivity index (χ2v) is 9.28. The minimum atomic E-state index is -1.70. The summed E-state index contributed by atoms with van der Waals surface area (Å²) in [4.78, 5) is 24.7. The lowest BCUT2D eigenvalue weighted by atomic mass is 9.94. The molecule has 1 aromatic carbocycles. The molecule has 0 amide bonds. The number of methoxy groups -OCH3 is 1. The average Bonchev–Trinajstić information content (AvgIpc) is 3.71. The number of benzene rings is 1. The summed E-state index contributed by atoms with van der Waals surface area (Å²) in [6.45, 7) is 2.74. The van der Waals surface area contributed by atoms with Crippen molar-refractivity contribution in [1.29, 1.82) is 5.41 Å². The fourth-order valence-corrected chi connectivity index (χ4v) is 4.07. The van der Waals surface area contributed by atoms with Crippen LogP contribution in [0.5, 0.6) is 0 Å². The first-order chi connectivity index (χ1) is 17.6. The van der Waals surface area contributed by atoms with Gasteiger partial charge in [0.25, 0.3) is 0 Å². The van der Waals surface area contributed by atoms with Gasteiger partial charge in [-0.15, -0.1) is 0 Å². The molecule has 1 aliphatic rings. The lowest BCUT2D eigenvalue weighted by Crippen LogP contribution is -2.21. The lowest BCUT2D eigenvalue weighted by molar-refractivity contribution is -0.143. The van der Waals surface area contributed by atoms with Gasteiger partial charge in [-0.2, -0.15) is 0 Å². The van der Waals surface area contributed by atoms with Gasteiger partial charge >= 0.3 is 5.97 Å². The predicted octanol–water partition coefficient (Wildman–Crippen LogP) is 4.74. The number of nitrogens with one attached hydrogen (secondary N) is 3. The van der Waals surface area contributed by atoms with Crippen molar-refractivity contribution in [2.24, 2.45) is 0 Å². The summed E-state index contributed by atoms with van der Waals surface area (Å²) in [5, 5.41) is 13.7. The number of carbonyl (C=O) groups excluding carboxylic acids is 1. The van der Waals surface area contributed by atoms with Crippen molar-refractivity contribution in [3.05, 3.63) is 77.5 Å². The number of esters is 1. The van der Waals surface area contributed by atoms with E-state index in [1.54, 1.807) is 7.05 Å². The highest BCUT2D eigenvalue weighted by molar-refractivity contribution is 6.09. The van der Waals surface area contributed by atoms with Crippen LogP contribution in [0.1, 0.15) is 43.6 Å². The van der Waals surface area contributed by atoms with E-state index in [1.807, 2.05) is 24.3 Å². The molecule has 2 heterocycles. The van der Waals surface area contributed by atoms with Crippen LogP contribution in [0.3, 0.4) is 0 Å². The molecular weight excluding hydrogens is 478 g/mol. The molecule has 0 bridgehead atoms. The monoisotopic (exact) mass is 506 g/mol. The molecule has 1 fully saturated rings. The minimum absolute atomic E-state index is 0.0511. The van der Waals surface area contributed by atoms with E-state index in [1.165, 1.54) is 45.6 Å². The number of allylic oxidation sites excluding steroid dienone is 1. The summed E-state index contributed by atoms with van der Waals surface area (Å²) in [5.41, 5.74) is 0.0905. The van der Waals surface area contributed by atoms with Gasteiger partial charge < -0.3 is 20.8 Å². The van der Waals surface area contributed by atoms with Crippen LogP contribution in [0, 0.1) is 11.2 Å². The van der Waals surface area contributed by atoms with Crippen LogP contribution in [-0.2, 0) is 20.6 Å². The van der Waals surface area contributed by atoms with Crippen molar-refractivity contribution in [2.75, 3.05) is 19.5 Å². The molecule has 0 aliphatic heterocycles. The number of ether oxygens (including phenoxy) is 1. The highest BCUT2D eigenvalue weighted by Crippen LogP contribution is 2.49. The molecule has 2 aromatic heterocycles. The quantitative estimate of drug-likeness (QED) is 0.284. The van der Waals surface area contributed by atoms with Crippen molar-refractivity contribution in [2.45, 2.75) is 37.8 Å². The molecule has 0 saturated heterocycles. The van der Waals surface area contributed by atoms with E-state index in [2.05, 4.69) is 25.6 Å². The molecule has 0 spiro atoms. The maximum absolute atomic E-state index is 15.3. The summed E-state index contributed by atoms with van der Waals surface area (Å²) in [6.07, 6.45) is 6.70. The molecule has 4 rings (SSSR count). The summed E-state index contributed by atoms with van der Waals surface area (Å²) < 4.78 is 34.5. The van der Waals surface area contributed by atoms with Crippen LogP contribution in [0.2, 0.25) is 0 Å². The van der Waals surface area contributed by atoms with Gasteiger partial charge in [-0.05, 0) is 43.9 Å². The number of alkyl halides is 1. The van der Waals surface area contributed by atoms with Crippen molar-refractivity contribution < 1.29 is 18.3 Å². The highest BCUT2D eigenvalue weighted by atomic mass is 19.1. The predicted molar refractivity (Wildman–Crippen MR) is 137 cm³/mol. The van der Waals surface area contributed by atoms with Crippen molar-refractivity contribution in [1.82, 2.24) is 20.3 Å². The number of pyridine rings is 1. The van der Waals surface area contributed by atoms with E-state index >= 15 is 4.39 Å². The lowest BCUT2D eigenvalue weighted by Gasteiger charge is -2.17. The van der Waals surface area contributed by atoms with Gasteiger partial charge in [0.1, 0.15) is 28.8 Å². The maximum atomic E-state index is 15.3. The Labute approximate surface area is 213 Å². The van der Waals surface area contributed by atoms with Crippen molar-refractivity contribution >= 4 is 23.6 Å².